The SMILES string of the molecule is CC(C)[Si](C#Cc1cc(Br)ccc1CNS(=O)(=O)C(F)(F)F)(C(C)C)C(C)C. The van der Waals surface area contributed by atoms with Gasteiger partial charge in [0.05, 0.1) is 0 Å². The minimum Gasteiger partial charge on any atom is -0.203 e. The highest BCUT2D eigenvalue weighted by molar-refractivity contribution is 9.10. The van der Waals surface area contributed by atoms with Crippen molar-refractivity contribution >= 4 is 34.0 Å². The summed E-state index contributed by atoms with van der Waals surface area (Å²) in [6.45, 7) is 12.5. The maximum Gasteiger partial charge on any atom is 0.511 e. The minimum atomic E-state index is -5.41. The summed E-state index contributed by atoms with van der Waals surface area (Å²) >= 11 is 3.35. The second-order valence-electron chi connectivity index (χ2n) is 7.72. The Morgan fingerprint density at radius 3 is 2.00 bits per heavy atom. The van der Waals surface area contributed by atoms with Gasteiger partial charge in [0.15, 0.2) is 0 Å². The van der Waals surface area contributed by atoms with Gasteiger partial charge < -0.3 is 0 Å². The van der Waals surface area contributed by atoms with Gasteiger partial charge in [-0.15, -0.1) is 5.54 Å². The lowest BCUT2D eigenvalue weighted by Crippen LogP contribution is -2.43. The molecule has 1 aromatic carbocycles. The fraction of sp³-hybridized carbons (Fsp3) is 0.579. The average Bonchev–Trinajstić information content (AvgIpc) is 2.52. The molecule has 158 valence electrons. The summed E-state index contributed by atoms with van der Waals surface area (Å²) in [5.74, 6) is 3.18. The molecular weight excluding hydrogens is 471 g/mol. The summed E-state index contributed by atoms with van der Waals surface area (Å²) in [4.78, 5) is 0. The lowest BCUT2D eigenvalue weighted by atomic mass is 10.1. The van der Waals surface area contributed by atoms with Crippen LogP contribution in [0, 0.1) is 11.5 Å². The summed E-state index contributed by atoms with van der Waals surface area (Å²) in [6.07, 6.45) is 0. The van der Waals surface area contributed by atoms with E-state index in [2.05, 4.69) is 68.9 Å². The maximum absolute atomic E-state index is 12.6. The predicted molar refractivity (Wildman–Crippen MR) is 114 cm³/mol. The van der Waals surface area contributed by atoms with E-state index >= 15 is 0 Å². The van der Waals surface area contributed by atoms with Crippen molar-refractivity contribution in [3.8, 4) is 11.5 Å². The number of hydrogen-bond acceptors (Lipinski definition) is 2. The Balaban J connectivity index is 3.38. The number of benzene rings is 1. The van der Waals surface area contributed by atoms with Crippen LogP contribution in [0.25, 0.3) is 0 Å². The molecule has 0 amide bonds. The Hall–Kier alpha value is -0.823. The van der Waals surface area contributed by atoms with E-state index in [0.717, 1.165) is 4.47 Å². The second kappa shape index (κ2) is 9.33. The Kier molecular flexibility index (Phi) is 8.40. The van der Waals surface area contributed by atoms with Crippen molar-refractivity contribution in [1.82, 2.24) is 4.72 Å². The van der Waals surface area contributed by atoms with E-state index in [1.165, 1.54) is 0 Å². The summed E-state index contributed by atoms with van der Waals surface area (Å²) in [5.41, 5.74) is 0.305. The lowest BCUT2D eigenvalue weighted by Gasteiger charge is -2.38. The quantitative estimate of drug-likeness (QED) is 0.389. The molecule has 0 aliphatic heterocycles. The van der Waals surface area contributed by atoms with Crippen molar-refractivity contribution in [3.05, 3.63) is 33.8 Å². The van der Waals surface area contributed by atoms with Gasteiger partial charge in [-0.3, -0.25) is 0 Å². The van der Waals surface area contributed by atoms with Gasteiger partial charge in [-0.05, 0) is 34.3 Å². The number of sulfonamides is 1. The van der Waals surface area contributed by atoms with Gasteiger partial charge in [0.25, 0.3) is 0 Å². The first-order valence-corrected chi connectivity index (χ1v) is 13.5. The van der Waals surface area contributed by atoms with E-state index in [1.54, 1.807) is 22.9 Å². The van der Waals surface area contributed by atoms with Gasteiger partial charge in [-0.1, -0.05) is 69.5 Å². The van der Waals surface area contributed by atoms with Crippen LogP contribution in [0.15, 0.2) is 22.7 Å². The normalized spacial score (nSPS) is 13.2. The van der Waals surface area contributed by atoms with Crippen molar-refractivity contribution in [1.29, 1.82) is 0 Å². The molecule has 0 heterocycles. The van der Waals surface area contributed by atoms with E-state index in [1.807, 2.05) is 0 Å². The molecule has 0 unspecified atom stereocenters. The lowest BCUT2D eigenvalue weighted by molar-refractivity contribution is -0.0448. The van der Waals surface area contributed by atoms with Gasteiger partial charge in [-0.2, -0.15) is 13.2 Å². The Bertz CT molecular complexity index is 834. The third kappa shape index (κ3) is 5.62. The topological polar surface area (TPSA) is 46.2 Å². The minimum absolute atomic E-state index is 0.402. The summed E-state index contributed by atoms with van der Waals surface area (Å²) < 4.78 is 62.7. The van der Waals surface area contributed by atoms with Crippen molar-refractivity contribution < 1.29 is 21.6 Å². The van der Waals surface area contributed by atoms with Crippen LogP contribution in [-0.4, -0.2) is 22.0 Å². The first-order valence-electron chi connectivity index (χ1n) is 9.02. The van der Waals surface area contributed by atoms with E-state index < -0.39 is 30.2 Å². The summed E-state index contributed by atoms with van der Waals surface area (Å²) in [6, 6.07) is 4.95. The van der Waals surface area contributed by atoms with Crippen molar-refractivity contribution in [2.24, 2.45) is 0 Å². The Morgan fingerprint density at radius 1 is 1.07 bits per heavy atom. The smallest absolute Gasteiger partial charge is 0.203 e. The first kappa shape index (κ1) is 25.2. The molecule has 0 atom stereocenters. The number of alkyl halides is 3. The van der Waals surface area contributed by atoms with E-state index in [0.29, 0.717) is 27.8 Å². The number of rotatable bonds is 6. The molecule has 3 nitrogen and oxygen atoms in total. The van der Waals surface area contributed by atoms with Crippen molar-refractivity contribution in [3.63, 3.8) is 0 Å². The van der Waals surface area contributed by atoms with Crippen LogP contribution in [0.5, 0.6) is 0 Å². The van der Waals surface area contributed by atoms with Crippen LogP contribution in [-0.2, 0) is 16.6 Å². The molecule has 0 spiro atoms. The van der Waals surface area contributed by atoms with Crippen LogP contribution in [0.1, 0.15) is 52.7 Å². The van der Waals surface area contributed by atoms with Gasteiger partial charge in [-0.25, -0.2) is 13.1 Å². The molecule has 0 aliphatic rings. The third-order valence-electron chi connectivity index (χ3n) is 5.11. The van der Waals surface area contributed by atoms with E-state index in [4.69, 9.17) is 0 Å². The highest BCUT2D eigenvalue weighted by atomic mass is 79.9. The zero-order chi connectivity index (χ0) is 21.9. The number of nitrogens with one attached hydrogen (secondary N) is 1. The van der Waals surface area contributed by atoms with Gasteiger partial charge in [0.1, 0.15) is 8.07 Å². The molecule has 0 bridgehead atoms. The van der Waals surface area contributed by atoms with Crippen molar-refractivity contribution in [2.75, 3.05) is 0 Å². The van der Waals surface area contributed by atoms with Gasteiger partial charge >= 0.3 is 15.5 Å². The molecule has 0 aliphatic carbocycles. The van der Waals surface area contributed by atoms with Crippen LogP contribution >= 0.6 is 15.9 Å². The zero-order valence-electron chi connectivity index (χ0n) is 16.9. The standard InChI is InChI=1S/C19H27BrF3NO2SSi/c1-13(2)28(14(3)4,15(5)6)10-9-16-11-18(20)8-7-17(16)12-24-27(25,26)19(21,22)23/h7-8,11,13-15,24H,12H2,1-6H3. The third-order valence-corrected chi connectivity index (χ3v) is 13.0. The molecule has 1 rings (SSSR count). The van der Waals surface area contributed by atoms with E-state index in [9.17, 15) is 21.6 Å². The monoisotopic (exact) mass is 497 g/mol. The predicted octanol–water partition coefficient (Wildman–Crippen LogP) is 5.96. The van der Waals surface area contributed by atoms with Gasteiger partial charge in [0.2, 0.25) is 0 Å². The first-order chi connectivity index (χ1) is 12.6. The molecular formula is C19H27BrF3NO2SSi. The zero-order valence-corrected chi connectivity index (χ0v) is 20.3. The van der Waals surface area contributed by atoms with Crippen molar-refractivity contribution in [2.45, 2.75) is 70.2 Å². The van der Waals surface area contributed by atoms with Crippen LogP contribution in [0.4, 0.5) is 13.2 Å². The molecule has 9 heteroatoms. The molecule has 28 heavy (non-hydrogen) atoms. The summed E-state index contributed by atoms with van der Waals surface area (Å²) in [5, 5.41) is 0. The second-order valence-corrected chi connectivity index (χ2v) is 16.0. The molecule has 1 aromatic rings. The van der Waals surface area contributed by atoms with Crippen LogP contribution < -0.4 is 4.72 Å². The fourth-order valence-electron chi connectivity index (χ4n) is 3.68. The largest absolute Gasteiger partial charge is 0.511 e. The molecule has 0 fully saturated rings. The highest BCUT2D eigenvalue weighted by Crippen LogP contribution is 2.40. The molecule has 0 aromatic heterocycles. The Labute approximate surface area is 175 Å². The fourth-order valence-corrected chi connectivity index (χ4v) is 9.77. The number of hydrogen-bond donors (Lipinski definition) is 1. The van der Waals surface area contributed by atoms with Crippen LogP contribution in [0.3, 0.4) is 0 Å². The highest BCUT2D eigenvalue weighted by Gasteiger charge is 2.45. The van der Waals surface area contributed by atoms with Crippen LogP contribution in [0.2, 0.25) is 16.6 Å². The van der Waals surface area contributed by atoms with Gasteiger partial charge in [0, 0.05) is 16.6 Å². The summed E-state index contributed by atoms with van der Waals surface area (Å²) in [7, 11) is -7.44. The van der Waals surface area contributed by atoms with E-state index in [-0.39, 0.29) is 0 Å². The number of halogens is 4. The molecule has 0 saturated carbocycles. The maximum atomic E-state index is 12.6. The molecule has 0 saturated heterocycles. The molecule has 1 N–H and O–H groups in total. The molecule has 0 radical (unpaired) electrons. The Morgan fingerprint density at radius 2 is 1.57 bits per heavy atom. The average molecular weight is 498 g/mol.